The van der Waals surface area contributed by atoms with Crippen LogP contribution in [0.2, 0.25) is 0 Å². The summed E-state index contributed by atoms with van der Waals surface area (Å²) in [6, 6.07) is 4.04. The van der Waals surface area contributed by atoms with E-state index in [1.807, 2.05) is 0 Å². The van der Waals surface area contributed by atoms with Gasteiger partial charge in [-0.2, -0.15) is 63.7 Å². The van der Waals surface area contributed by atoms with Crippen molar-refractivity contribution in [2.75, 3.05) is 0 Å². The zero-order valence-electron chi connectivity index (χ0n) is 45.1. The molecule has 4 heterocycles. The predicted molar refractivity (Wildman–Crippen MR) is 254 cm³/mol. The van der Waals surface area contributed by atoms with Crippen molar-refractivity contribution < 1.29 is 103 Å². The first-order chi connectivity index (χ1) is 34.6. The number of carbonyl (C=O) groups is 6. The van der Waals surface area contributed by atoms with Crippen molar-refractivity contribution in [3.63, 3.8) is 0 Å². The van der Waals surface area contributed by atoms with Gasteiger partial charge in [0.25, 0.3) is 23.6 Å². The Morgan fingerprint density at radius 1 is 0.500 bits per heavy atom. The smallest absolute Gasteiger partial charge is 0.333 e. The van der Waals surface area contributed by atoms with Crippen molar-refractivity contribution >= 4 is 41.6 Å². The second kappa shape index (κ2) is 30.7. The van der Waals surface area contributed by atoms with E-state index in [1.54, 1.807) is 69.2 Å². The maximum Gasteiger partial charge on any atom is 0.333 e. The van der Waals surface area contributed by atoms with E-state index < -0.39 is 70.3 Å². The van der Waals surface area contributed by atoms with Crippen molar-refractivity contribution in [1.82, 2.24) is 10.1 Å². The van der Waals surface area contributed by atoms with Gasteiger partial charge in [-0.25, -0.2) is 14.8 Å². The number of imide groups is 2. The highest BCUT2D eigenvalue weighted by atomic mass is 17.4. The Balaban J connectivity index is 0.000000282. The number of aliphatic carboxylic acids is 1. The molecule has 0 aromatic rings. The molecule has 2 aliphatic carbocycles. The average molecular weight is 1060 g/mol. The number of nitrogens with zero attached hydrogens (tertiary/aromatic N) is 4. The number of carbonyl (C=O) groups excluding carboxylic acids is 5. The normalized spacial score (nSPS) is 23.7. The van der Waals surface area contributed by atoms with Crippen molar-refractivity contribution in [1.29, 1.82) is 0 Å². The van der Waals surface area contributed by atoms with Crippen LogP contribution in [0.5, 0.6) is 0 Å². The van der Waals surface area contributed by atoms with Crippen LogP contribution in [0.3, 0.4) is 0 Å². The molecule has 0 unspecified atom stereocenters. The lowest BCUT2D eigenvalue weighted by atomic mass is 9.96. The van der Waals surface area contributed by atoms with Crippen LogP contribution in [0, 0.1) is 0 Å². The minimum absolute atomic E-state index is 0.0680. The van der Waals surface area contributed by atoms with E-state index in [4.69, 9.17) is 73.8 Å². The zero-order valence-corrected chi connectivity index (χ0v) is 45.1. The molecule has 74 heavy (non-hydrogen) atoms. The molecule has 0 bridgehead atoms. The molecule has 0 atom stereocenters. The van der Waals surface area contributed by atoms with Gasteiger partial charge in [-0.3, -0.25) is 29.2 Å². The Kier molecular flexibility index (Phi) is 26.7. The van der Waals surface area contributed by atoms with Crippen LogP contribution in [0.25, 0.3) is 0 Å². The molecular weight excluding hydrogens is 981 g/mol. The second-order valence-corrected chi connectivity index (χ2v) is 21.0. The molecule has 0 spiro atoms. The Bertz CT molecular complexity index is 1760. The Morgan fingerprint density at radius 2 is 0.824 bits per heavy atom. The number of carboxylic acid groups (broad SMARTS) is 1. The summed E-state index contributed by atoms with van der Waals surface area (Å²) in [5, 5.41) is 17.7. The molecule has 4 saturated heterocycles. The fourth-order valence-corrected chi connectivity index (χ4v) is 7.18. The van der Waals surface area contributed by atoms with Gasteiger partial charge in [-0.1, -0.05) is 51.4 Å². The molecular formula is C49H82N4O21. The van der Waals surface area contributed by atoms with E-state index in [1.165, 1.54) is 64.2 Å². The molecule has 2 N–H and O–H groups in total. The van der Waals surface area contributed by atoms with Gasteiger partial charge in [0.1, 0.15) is 0 Å². The first-order valence-corrected chi connectivity index (χ1v) is 25.8. The number of amides is 4. The number of hydrogen-bond acceptors (Lipinski definition) is 22. The van der Waals surface area contributed by atoms with Gasteiger partial charge in [-0.05, 0) is 121 Å². The van der Waals surface area contributed by atoms with Gasteiger partial charge in [0, 0.05) is 51.4 Å². The van der Waals surface area contributed by atoms with Crippen molar-refractivity contribution in [2.45, 2.75) is 270 Å². The first-order valence-electron chi connectivity index (χ1n) is 25.8. The summed E-state index contributed by atoms with van der Waals surface area (Å²) < 4.78 is 0. The molecule has 424 valence electrons. The SMILES string of the molecule is C(=NC1CCCCC1)=NC1CCCCC1.CC1(C)OOC(C)(C)OOC(C)(CCCCCC(=O)O)OO1.CC1(C)OOC(C)(C)OOC(C)(CCCCCC(=O)ON2C(=O)CCC2=O)OO1.O=C1CCC(=O)N1O. The van der Waals surface area contributed by atoms with Crippen LogP contribution >= 0.6 is 0 Å². The maximum absolute atomic E-state index is 11.8. The molecule has 6 rings (SSSR count). The van der Waals surface area contributed by atoms with Gasteiger partial charge in [-0.15, -0.1) is 5.06 Å². The zero-order chi connectivity index (χ0) is 55.1. The minimum Gasteiger partial charge on any atom is -0.481 e. The number of unbranched alkanes of at least 4 members (excludes halogenated alkanes) is 4. The molecule has 4 aliphatic heterocycles. The summed E-state index contributed by atoms with van der Waals surface area (Å²) in [5.41, 5.74) is 0. The highest BCUT2D eigenvalue weighted by Gasteiger charge is 2.42. The standard InChI is InChI=1S/C18H29NO10.C14H26O8.C13H22N2.C4H5NO3/c1-16(2)24-25-17(3,4)27-29-18(5,28-26-16)12-8-6-7-9-15(22)23-19-13(20)10-11-14(19)21;1-12(2)17-18-13(3,4)20-22-14(5,21-19-12)10-8-6-7-9-11(15)16;1-3-7-12(8-4-1)14-11-15-13-9-5-2-6-10-13;6-3-1-2-4(7)5(3)8/h6-12H2,1-5H3;6-10H2,1-5H3,(H,15,16);12-13H,1-10H2;8H,1-2H2. The monoisotopic (exact) mass is 1060 g/mol. The molecule has 0 radical (unpaired) electrons. The summed E-state index contributed by atoms with van der Waals surface area (Å²) in [7, 11) is 0. The Labute approximate surface area is 433 Å². The van der Waals surface area contributed by atoms with Crippen LogP contribution < -0.4 is 0 Å². The molecule has 6 aliphatic rings. The fraction of sp³-hybridized carbons (Fsp3) is 0.857. The molecule has 25 heteroatoms. The summed E-state index contributed by atoms with van der Waals surface area (Å²) in [6.07, 6.45) is 18.5. The largest absolute Gasteiger partial charge is 0.481 e. The molecule has 0 aromatic heterocycles. The van der Waals surface area contributed by atoms with E-state index in [0.29, 0.717) is 62.1 Å². The molecule has 6 fully saturated rings. The van der Waals surface area contributed by atoms with E-state index in [-0.39, 0.29) is 43.6 Å². The predicted octanol–water partition coefficient (Wildman–Crippen LogP) is 9.01. The van der Waals surface area contributed by atoms with Crippen LogP contribution in [0.15, 0.2) is 9.98 Å². The second-order valence-electron chi connectivity index (χ2n) is 21.0. The Hall–Kier alpha value is -3.92. The van der Waals surface area contributed by atoms with Crippen LogP contribution in [0.4, 0.5) is 0 Å². The topological polar surface area (TPSA) is 294 Å². The summed E-state index contributed by atoms with van der Waals surface area (Å²) in [5.74, 6) is -10.5. The third kappa shape index (κ3) is 26.2. The van der Waals surface area contributed by atoms with Gasteiger partial charge in [0.05, 0.1) is 18.1 Å². The molecule has 25 nitrogen and oxygen atoms in total. The lowest BCUT2D eigenvalue weighted by molar-refractivity contribution is -0.540. The lowest BCUT2D eigenvalue weighted by Gasteiger charge is -2.29. The number of aliphatic imine (C=N–C) groups is 2. The first kappa shape index (κ1) is 64.4. The third-order valence-corrected chi connectivity index (χ3v) is 11.4. The van der Waals surface area contributed by atoms with Crippen molar-refractivity contribution in [3.05, 3.63) is 0 Å². The third-order valence-electron chi connectivity index (χ3n) is 11.4. The highest BCUT2D eigenvalue weighted by Crippen LogP contribution is 2.33. The van der Waals surface area contributed by atoms with Gasteiger partial charge in [0.2, 0.25) is 34.7 Å². The van der Waals surface area contributed by atoms with E-state index in [0.717, 1.165) is 6.42 Å². The van der Waals surface area contributed by atoms with Gasteiger partial charge in [0.15, 0.2) is 0 Å². The fourth-order valence-electron chi connectivity index (χ4n) is 7.18. The van der Waals surface area contributed by atoms with Crippen molar-refractivity contribution in [3.8, 4) is 0 Å². The number of hydrogen-bond donors (Lipinski definition) is 2. The van der Waals surface area contributed by atoms with E-state index >= 15 is 0 Å². The number of hydroxylamine groups is 4. The van der Waals surface area contributed by atoms with Gasteiger partial charge >= 0.3 is 11.9 Å². The minimum atomic E-state index is -1.24. The summed E-state index contributed by atoms with van der Waals surface area (Å²) >= 11 is 0. The quantitative estimate of drug-likeness (QED) is 0.0508. The summed E-state index contributed by atoms with van der Waals surface area (Å²) in [4.78, 5) is 142. The highest BCUT2D eigenvalue weighted by molar-refractivity contribution is 6.01. The van der Waals surface area contributed by atoms with Gasteiger partial charge < -0.3 is 9.94 Å². The van der Waals surface area contributed by atoms with E-state index in [2.05, 4.69) is 16.0 Å². The lowest BCUT2D eigenvalue weighted by Crippen LogP contribution is -2.37. The number of carboxylic acids is 1. The van der Waals surface area contributed by atoms with Crippen LogP contribution in [0.1, 0.15) is 223 Å². The maximum atomic E-state index is 11.8. The van der Waals surface area contributed by atoms with Crippen LogP contribution in [-0.2, 0) is 92.3 Å². The van der Waals surface area contributed by atoms with E-state index in [9.17, 15) is 28.8 Å². The van der Waals surface area contributed by atoms with Crippen LogP contribution in [-0.4, -0.2) is 109 Å². The molecule has 4 amide bonds. The summed E-state index contributed by atoms with van der Waals surface area (Å²) in [6.45, 7) is 16.2. The molecule has 0 aromatic carbocycles. The average Bonchev–Trinajstić information content (AvgIpc) is 3.85. The van der Waals surface area contributed by atoms with Crippen molar-refractivity contribution in [2.24, 2.45) is 9.98 Å². The number of rotatable bonds is 15. The Morgan fingerprint density at radius 3 is 1.15 bits per heavy atom. The molecule has 2 saturated carbocycles.